The van der Waals surface area contributed by atoms with E-state index in [1.807, 2.05) is 142 Å². The summed E-state index contributed by atoms with van der Waals surface area (Å²) in [6, 6.07) is 39.3. The summed E-state index contributed by atoms with van der Waals surface area (Å²) in [5.41, 5.74) is 7.21. The lowest BCUT2D eigenvalue weighted by Crippen LogP contribution is -2.24. The van der Waals surface area contributed by atoms with Gasteiger partial charge in [-0.1, -0.05) is 127 Å². The van der Waals surface area contributed by atoms with Crippen molar-refractivity contribution >= 4 is 23.3 Å². The summed E-state index contributed by atoms with van der Waals surface area (Å²) in [5, 5.41) is 1.09. The molecule has 0 atom stereocenters. The van der Waals surface area contributed by atoms with Crippen molar-refractivity contribution in [1.82, 2.24) is 0 Å². The molecular weight excluding hydrogens is 471 g/mol. The molecule has 182 valence electrons. The van der Waals surface area contributed by atoms with Crippen LogP contribution in [0.4, 0.5) is 0 Å². The number of benzene rings is 5. The maximum atomic E-state index is 15.1. The zero-order valence-electron chi connectivity index (χ0n) is 21.3. The minimum Gasteiger partial charge on any atom is -0.305 e. The van der Waals surface area contributed by atoms with Crippen LogP contribution >= 0.6 is 7.14 Å². The molecule has 5 aromatic carbocycles. The van der Waals surface area contributed by atoms with Gasteiger partial charge in [0.05, 0.1) is 0 Å². The smallest absolute Gasteiger partial charge is 0.230 e. The Balaban J connectivity index is 1.65. The normalized spacial score (nSPS) is 11.3. The maximum Gasteiger partial charge on any atom is 0.230 e. The van der Waals surface area contributed by atoms with Crippen molar-refractivity contribution in [3.63, 3.8) is 0 Å². The zero-order valence-corrected chi connectivity index (χ0v) is 22.2. The number of carbonyl (C=O) groups is 1. The topological polar surface area (TPSA) is 34.1 Å². The molecule has 0 heterocycles. The highest BCUT2D eigenvalue weighted by Gasteiger charge is 2.38. The first-order chi connectivity index (χ1) is 17.9. The van der Waals surface area contributed by atoms with Gasteiger partial charge in [0.25, 0.3) is 0 Å². The number of hydrogen-bond acceptors (Lipinski definition) is 2. The monoisotopic (exact) mass is 500 g/mol. The molecule has 0 bridgehead atoms. The third kappa shape index (κ3) is 4.73. The van der Waals surface area contributed by atoms with E-state index in [2.05, 4.69) is 0 Å². The van der Waals surface area contributed by atoms with Crippen molar-refractivity contribution in [1.29, 1.82) is 0 Å². The fourth-order valence-corrected chi connectivity index (χ4v) is 7.62. The lowest BCUT2D eigenvalue weighted by Gasteiger charge is -2.21. The SMILES string of the molecule is Cc1cc(C)c(C(=O)P(=O)(c2ccc(-c3ccccc3)cc2)c2ccc(-c3ccccc3)cc2)c(C)c1. The van der Waals surface area contributed by atoms with Gasteiger partial charge in [0, 0.05) is 16.2 Å². The van der Waals surface area contributed by atoms with Crippen LogP contribution < -0.4 is 10.6 Å². The second-order valence-electron chi connectivity index (χ2n) is 9.51. The summed E-state index contributed by atoms with van der Waals surface area (Å²) < 4.78 is 15.1. The first-order valence-electron chi connectivity index (χ1n) is 12.4. The van der Waals surface area contributed by atoms with E-state index >= 15 is 4.57 Å². The van der Waals surface area contributed by atoms with Crippen molar-refractivity contribution < 1.29 is 9.36 Å². The van der Waals surface area contributed by atoms with E-state index < -0.39 is 7.14 Å². The molecule has 0 aromatic heterocycles. The van der Waals surface area contributed by atoms with Crippen molar-refractivity contribution in [3.05, 3.63) is 144 Å². The van der Waals surface area contributed by atoms with Crippen LogP contribution in [0.2, 0.25) is 0 Å². The first kappa shape index (κ1) is 24.7. The molecular formula is C34H29O2P. The van der Waals surface area contributed by atoms with Crippen molar-refractivity contribution in [2.75, 3.05) is 0 Å². The average Bonchev–Trinajstić information content (AvgIpc) is 2.93. The van der Waals surface area contributed by atoms with Crippen molar-refractivity contribution in [2.24, 2.45) is 0 Å². The molecule has 5 rings (SSSR count). The largest absolute Gasteiger partial charge is 0.305 e. The van der Waals surface area contributed by atoms with Gasteiger partial charge in [-0.3, -0.25) is 4.79 Å². The predicted octanol–water partition coefficient (Wildman–Crippen LogP) is 8.10. The van der Waals surface area contributed by atoms with Gasteiger partial charge in [-0.2, -0.15) is 0 Å². The summed E-state index contributed by atoms with van der Waals surface area (Å²) in [4.78, 5) is 14.3. The Kier molecular flexibility index (Phi) is 6.78. The molecule has 0 aliphatic rings. The van der Waals surface area contributed by atoms with Gasteiger partial charge < -0.3 is 4.57 Å². The second kappa shape index (κ2) is 10.2. The average molecular weight is 501 g/mol. The summed E-state index contributed by atoms with van der Waals surface area (Å²) in [5.74, 6) is 0. The molecule has 37 heavy (non-hydrogen) atoms. The van der Waals surface area contributed by atoms with Crippen LogP contribution in [0.25, 0.3) is 22.3 Å². The lowest BCUT2D eigenvalue weighted by atomic mass is 10.0. The molecule has 0 aliphatic heterocycles. The van der Waals surface area contributed by atoms with E-state index in [4.69, 9.17) is 0 Å². The van der Waals surface area contributed by atoms with Crippen molar-refractivity contribution in [3.8, 4) is 22.3 Å². The van der Waals surface area contributed by atoms with Crippen LogP contribution in [-0.2, 0) is 4.57 Å². The molecule has 5 aromatic rings. The Morgan fingerprint density at radius 3 is 1.24 bits per heavy atom. The van der Waals surface area contributed by atoms with Gasteiger partial charge >= 0.3 is 0 Å². The van der Waals surface area contributed by atoms with E-state index in [0.29, 0.717) is 16.2 Å². The Morgan fingerprint density at radius 2 is 0.865 bits per heavy atom. The quantitative estimate of drug-likeness (QED) is 0.221. The molecule has 0 aliphatic carbocycles. The van der Waals surface area contributed by atoms with Crippen LogP contribution in [0.3, 0.4) is 0 Å². The molecule has 0 N–H and O–H groups in total. The molecule has 0 spiro atoms. The van der Waals surface area contributed by atoms with E-state index in [0.717, 1.165) is 38.9 Å². The minimum atomic E-state index is -3.67. The van der Waals surface area contributed by atoms with Gasteiger partial charge in [-0.05, 0) is 54.2 Å². The molecule has 0 amide bonds. The number of aryl methyl sites for hydroxylation is 3. The summed E-state index contributed by atoms with van der Waals surface area (Å²) in [6.45, 7) is 5.86. The highest BCUT2D eigenvalue weighted by atomic mass is 31.2. The van der Waals surface area contributed by atoms with E-state index in [1.54, 1.807) is 0 Å². The zero-order chi connectivity index (χ0) is 26.0. The van der Waals surface area contributed by atoms with Gasteiger partial charge in [0.1, 0.15) is 0 Å². The Bertz CT molecular complexity index is 1490. The molecule has 0 fully saturated rings. The van der Waals surface area contributed by atoms with E-state index in [1.165, 1.54) is 0 Å². The Hall–Kier alpha value is -4.00. The number of hydrogen-bond donors (Lipinski definition) is 0. The Labute approximate surface area is 219 Å². The molecule has 3 heteroatoms. The first-order valence-corrected chi connectivity index (χ1v) is 14.1. The Morgan fingerprint density at radius 1 is 0.514 bits per heavy atom. The fraction of sp³-hybridized carbons (Fsp3) is 0.0882. The van der Waals surface area contributed by atoms with E-state index in [9.17, 15) is 4.79 Å². The van der Waals surface area contributed by atoms with Gasteiger partial charge in [-0.25, -0.2) is 0 Å². The highest BCUT2D eigenvalue weighted by molar-refractivity contribution is 7.93. The molecule has 2 nitrogen and oxygen atoms in total. The third-order valence-electron chi connectivity index (χ3n) is 6.85. The van der Waals surface area contributed by atoms with Gasteiger partial charge in [0.2, 0.25) is 12.7 Å². The fourth-order valence-electron chi connectivity index (χ4n) is 5.05. The highest BCUT2D eigenvalue weighted by Crippen LogP contribution is 2.48. The second-order valence-corrected chi connectivity index (χ2v) is 12.2. The summed E-state index contributed by atoms with van der Waals surface area (Å²) in [7, 11) is -3.67. The van der Waals surface area contributed by atoms with Crippen LogP contribution in [0.15, 0.2) is 121 Å². The predicted molar refractivity (Wildman–Crippen MR) is 156 cm³/mol. The summed E-state index contributed by atoms with van der Waals surface area (Å²) in [6.07, 6.45) is 0. The lowest BCUT2D eigenvalue weighted by molar-refractivity contribution is 0.107. The van der Waals surface area contributed by atoms with Crippen LogP contribution in [0, 0.1) is 20.8 Å². The van der Waals surface area contributed by atoms with E-state index in [-0.39, 0.29) is 5.52 Å². The molecule has 0 saturated heterocycles. The van der Waals surface area contributed by atoms with Crippen LogP contribution in [0.5, 0.6) is 0 Å². The molecule has 0 saturated carbocycles. The minimum absolute atomic E-state index is 0.317. The number of rotatable bonds is 6. The number of carbonyl (C=O) groups excluding carboxylic acids is 1. The molecule has 0 unspecified atom stereocenters. The standard InChI is InChI=1S/C34H29O2P/c1-24-22-25(2)33(26(3)23-24)34(35)37(36,31-18-14-29(15-19-31)27-10-6-4-7-11-27)32-20-16-30(17-21-32)28-12-8-5-9-13-28/h4-23H,1-3H3. The maximum absolute atomic E-state index is 15.1. The summed E-state index contributed by atoms with van der Waals surface area (Å²) >= 11 is 0. The third-order valence-corrected chi connectivity index (χ3v) is 9.70. The van der Waals surface area contributed by atoms with Crippen molar-refractivity contribution in [2.45, 2.75) is 20.8 Å². The van der Waals surface area contributed by atoms with Crippen LogP contribution in [-0.4, -0.2) is 5.52 Å². The van der Waals surface area contributed by atoms with Gasteiger partial charge in [0.15, 0.2) is 0 Å². The van der Waals surface area contributed by atoms with Crippen LogP contribution in [0.1, 0.15) is 27.0 Å². The van der Waals surface area contributed by atoms with Gasteiger partial charge in [-0.15, -0.1) is 0 Å². The molecule has 0 radical (unpaired) electrons.